The molecule has 1 aromatic rings. The maximum Gasteiger partial charge on any atom is 0.328 e. The van der Waals surface area contributed by atoms with Crippen LogP contribution in [0.5, 0.6) is 0 Å². The molecule has 1 rings (SSSR count). The SMILES string of the molecule is CCCCC(CC)C(=O)OCC(O)CO.O=C(O)C=Cc1ccccc1. The molecule has 3 N–H and O–H groups in total. The Bertz CT molecular complexity index is 526. The number of carboxylic acid groups (broad SMARTS) is 1. The zero-order valence-corrected chi connectivity index (χ0v) is 15.5. The van der Waals surface area contributed by atoms with Crippen molar-refractivity contribution in [3.63, 3.8) is 0 Å². The summed E-state index contributed by atoms with van der Waals surface area (Å²) in [4.78, 5) is 21.6. The lowest BCUT2D eigenvalue weighted by molar-refractivity contribution is -0.152. The number of aliphatic hydroxyl groups is 2. The second kappa shape index (κ2) is 15.1. The number of esters is 1. The number of hydrogen-bond donors (Lipinski definition) is 3. The Hall–Kier alpha value is -2.18. The fourth-order valence-corrected chi connectivity index (χ4v) is 2.02. The average Bonchev–Trinajstić information content (AvgIpc) is 2.66. The molecule has 0 fully saturated rings. The molecule has 0 saturated heterocycles. The van der Waals surface area contributed by atoms with Crippen molar-refractivity contribution in [2.45, 2.75) is 45.6 Å². The van der Waals surface area contributed by atoms with Crippen LogP contribution in [0.25, 0.3) is 6.08 Å². The van der Waals surface area contributed by atoms with Gasteiger partial charge < -0.3 is 20.1 Å². The monoisotopic (exact) mass is 366 g/mol. The number of aliphatic hydroxyl groups excluding tert-OH is 2. The lowest BCUT2D eigenvalue weighted by atomic mass is 10.00. The van der Waals surface area contributed by atoms with Crippen LogP contribution in [0, 0.1) is 5.92 Å². The number of unbranched alkanes of at least 4 members (excludes halogenated alkanes) is 1. The first-order valence-corrected chi connectivity index (χ1v) is 8.86. The summed E-state index contributed by atoms with van der Waals surface area (Å²) in [6, 6.07) is 9.31. The molecule has 0 aliphatic carbocycles. The molecule has 0 aliphatic rings. The molecule has 26 heavy (non-hydrogen) atoms. The lowest BCUT2D eigenvalue weighted by Gasteiger charge is -2.15. The van der Waals surface area contributed by atoms with Gasteiger partial charge in [0.1, 0.15) is 12.7 Å². The van der Waals surface area contributed by atoms with Gasteiger partial charge in [0.25, 0.3) is 0 Å². The van der Waals surface area contributed by atoms with E-state index in [0.29, 0.717) is 0 Å². The highest BCUT2D eigenvalue weighted by Crippen LogP contribution is 2.14. The second-order valence-corrected chi connectivity index (χ2v) is 5.80. The molecule has 2 atom stereocenters. The first-order valence-electron chi connectivity index (χ1n) is 8.86. The highest BCUT2D eigenvalue weighted by molar-refractivity contribution is 5.85. The quantitative estimate of drug-likeness (QED) is 0.434. The van der Waals surface area contributed by atoms with Crippen LogP contribution in [0.3, 0.4) is 0 Å². The first kappa shape index (κ1) is 23.8. The van der Waals surface area contributed by atoms with Crippen molar-refractivity contribution in [3.05, 3.63) is 42.0 Å². The van der Waals surface area contributed by atoms with Crippen molar-refractivity contribution in [3.8, 4) is 0 Å². The Kier molecular flexibility index (Phi) is 13.8. The summed E-state index contributed by atoms with van der Waals surface area (Å²) in [7, 11) is 0. The van der Waals surface area contributed by atoms with Gasteiger partial charge in [-0.05, 0) is 24.5 Å². The molecule has 2 unspecified atom stereocenters. The number of ether oxygens (including phenoxy) is 1. The predicted molar refractivity (Wildman–Crippen MR) is 100 cm³/mol. The summed E-state index contributed by atoms with van der Waals surface area (Å²) < 4.78 is 4.90. The Morgan fingerprint density at radius 2 is 1.85 bits per heavy atom. The van der Waals surface area contributed by atoms with Gasteiger partial charge in [0, 0.05) is 6.08 Å². The summed E-state index contributed by atoms with van der Waals surface area (Å²) in [6.07, 6.45) is 5.38. The summed E-state index contributed by atoms with van der Waals surface area (Å²) >= 11 is 0. The van der Waals surface area contributed by atoms with Gasteiger partial charge in [-0.25, -0.2) is 4.79 Å². The van der Waals surface area contributed by atoms with Gasteiger partial charge >= 0.3 is 11.9 Å². The normalized spacial score (nSPS) is 12.8. The van der Waals surface area contributed by atoms with Gasteiger partial charge in [-0.15, -0.1) is 0 Å². The average molecular weight is 366 g/mol. The highest BCUT2D eigenvalue weighted by atomic mass is 16.5. The standard InChI is InChI=1S/C11H22O4.C9H8O2/c1-3-5-6-9(4-2)11(14)15-8-10(13)7-12;10-9(11)7-6-8-4-2-1-3-5-8/h9-10,12-13H,3-8H2,1-2H3;1-7H,(H,10,11). The Morgan fingerprint density at radius 3 is 2.35 bits per heavy atom. The van der Waals surface area contributed by atoms with Gasteiger partial charge in [-0.3, -0.25) is 4.79 Å². The maximum absolute atomic E-state index is 11.5. The largest absolute Gasteiger partial charge is 0.478 e. The van der Waals surface area contributed by atoms with Crippen molar-refractivity contribution in [2.75, 3.05) is 13.2 Å². The van der Waals surface area contributed by atoms with E-state index in [2.05, 4.69) is 6.92 Å². The molecule has 1 aromatic carbocycles. The van der Waals surface area contributed by atoms with Crippen molar-refractivity contribution >= 4 is 18.0 Å². The molecule has 6 heteroatoms. The van der Waals surface area contributed by atoms with Crippen LogP contribution >= 0.6 is 0 Å². The molecule has 146 valence electrons. The van der Waals surface area contributed by atoms with Crippen molar-refractivity contribution in [1.29, 1.82) is 0 Å². The third-order valence-electron chi connectivity index (χ3n) is 3.58. The van der Waals surface area contributed by atoms with E-state index < -0.39 is 12.1 Å². The fraction of sp³-hybridized carbons (Fsp3) is 0.500. The topological polar surface area (TPSA) is 104 Å². The summed E-state index contributed by atoms with van der Waals surface area (Å²) in [6.45, 7) is 3.54. The summed E-state index contributed by atoms with van der Waals surface area (Å²) in [5.74, 6) is -1.26. The number of carboxylic acids is 1. The molecular formula is C20H30O6. The number of aliphatic carboxylic acids is 1. The van der Waals surface area contributed by atoms with Crippen molar-refractivity contribution < 1.29 is 29.6 Å². The third kappa shape index (κ3) is 12.2. The van der Waals surface area contributed by atoms with Gasteiger partial charge in [0.15, 0.2) is 0 Å². The third-order valence-corrected chi connectivity index (χ3v) is 3.58. The molecule has 0 heterocycles. The molecule has 6 nitrogen and oxygen atoms in total. The molecule has 0 radical (unpaired) electrons. The van der Waals surface area contributed by atoms with Crippen molar-refractivity contribution in [1.82, 2.24) is 0 Å². The van der Waals surface area contributed by atoms with E-state index >= 15 is 0 Å². The van der Waals surface area contributed by atoms with E-state index in [9.17, 15) is 9.59 Å². The number of benzene rings is 1. The van der Waals surface area contributed by atoms with E-state index in [-0.39, 0.29) is 25.1 Å². The lowest BCUT2D eigenvalue weighted by Crippen LogP contribution is -2.25. The molecule has 0 amide bonds. The van der Waals surface area contributed by atoms with Crippen LogP contribution in [0.4, 0.5) is 0 Å². The summed E-state index contributed by atoms with van der Waals surface area (Å²) in [5, 5.41) is 25.8. The van der Waals surface area contributed by atoms with E-state index in [1.807, 2.05) is 37.3 Å². The molecule has 0 aromatic heterocycles. The van der Waals surface area contributed by atoms with Gasteiger partial charge in [-0.2, -0.15) is 0 Å². The van der Waals surface area contributed by atoms with Crippen LogP contribution in [0.1, 0.15) is 45.1 Å². The van der Waals surface area contributed by atoms with E-state index in [0.717, 1.165) is 37.3 Å². The van der Waals surface area contributed by atoms with Crippen LogP contribution in [0.15, 0.2) is 36.4 Å². The van der Waals surface area contributed by atoms with E-state index in [4.69, 9.17) is 20.1 Å². The summed E-state index contributed by atoms with van der Waals surface area (Å²) in [5.41, 5.74) is 0.898. The maximum atomic E-state index is 11.5. The van der Waals surface area contributed by atoms with Crippen LogP contribution in [0.2, 0.25) is 0 Å². The molecule has 0 bridgehead atoms. The Labute approximate surface area is 155 Å². The molecule has 0 aliphatic heterocycles. The molecular weight excluding hydrogens is 336 g/mol. The van der Waals surface area contributed by atoms with Gasteiger partial charge in [0.05, 0.1) is 12.5 Å². The van der Waals surface area contributed by atoms with Crippen molar-refractivity contribution in [2.24, 2.45) is 5.92 Å². The van der Waals surface area contributed by atoms with Crippen LogP contribution in [-0.2, 0) is 14.3 Å². The van der Waals surface area contributed by atoms with Crippen LogP contribution in [-0.4, -0.2) is 46.6 Å². The van der Waals surface area contributed by atoms with E-state index in [1.54, 1.807) is 6.08 Å². The van der Waals surface area contributed by atoms with Gasteiger partial charge in [-0.1, -0.05) is 57.0 Å². The fourth-order valence-electron chi connectivity index (χ4n) is 2.02. The minimum absolute atomic E-state index is 0.0733. The molecule has 0 saturated carbocycles. The highest BCUT2D eigenvalue weighted by Gasteiger charge is 2.18. The predicted octanol–water partition coefficient (Wildman–Crippen LogP) is 2.88. The minimum Gasteiger partial charge on any atom is -0.478 e. The smallest absolute Gasteiger partial charge is 0.328 e. The number of hydrogen-bond acceptors (Lipinski definition) is 5. The van der Waals surface area contributed by atoms with Gasteiger partial charge in [0.2, 0.25) is 0 Å². The van der Waals surface area contributed by atoms with Crippen LogP contribution < -0.4 is 0 Å². The first-order chi connectivity index (χ1) is 12.4. The minimum atomic E-state index is -0.961. The zero-order chi connectivity index (χ0) is 19.8. The van der Waals surface area contributed by atoms with E-state index in [1.165, 1.54) is 0 Å². The molecule has 0 spiro atoms. The number of carbonyl (C=O) groups excluding carboxylic acids is 1. The second-order valence-electron chi connectivity index (χ2n) is 5.80. The zero-order valence-electron chi connectivity index (χ0n) is 15.5. The Balaban J connectivity index is 0.000000502. The number of rotatable bonds is 10. The Morgan fingerprint density at radius 1 is 1.19 bits per heavy atom. The number of carbonyl (C=O) groups is 2.